The summed E-state index contributed by atoms with van der Waals surface area (Å²) in [6.07, 6.45) is 1.80. The molecule has 0 spiro atoms. The van der Waals surface area contributed by atoms with Crippen molar-refractivity contribution in [3.63, 3.8) is 0 Å². The van der Waals surface area contributed by atoms with Crippen LogP contribution in [0.25, 0.3) is 11.3 Å². The Morgan fingerprint density at radius 2 is 1.53 bits per heavy atom. The zero-order chi connectivity index (χ0) is 23.7. The molecule has 2 aliphatic rings. The molecular weight excluding hydrogens is 453 g/mol. The van der Waals surface area contributed by atoms with Gasteiger partial charge in [-0.05, 0) is 55.7 Å². The number of sulfonamides is 1. The molecule has 2 aliphatic heterocycles. The van der Waals surface area contributed by atoms with Crippen molar-refractivity contribution in [3.05, 3.63) is 66.0 Å². The highest BCUT2D eigenvalue weighted by atomic mass is 32.2. The van der Waals surface area contributed by atoms with E-state index in [1.54, 1.807) is 22.5 Å². The predicted molar refractivity (Wildman–Crippen MR) is 131 cm³/mol. The molecule has 178 valence electrons. The van der Waals surface area contributed by atoms with Gasteiger partial charge in [0.25, 0.3) is 0 Å². The van der Waals surface area contributed by atoms with Crippen LogP contribution in [0.5, 0.6) is 0 Å². The molecule has 2 saturated heterocycles. The first-order chi connectivity index (χ1) is 16.4. The number of rotatable bonds is 5. The fraction of sp³-hybridized carbons (Fsp3) is 0.360. The molecule has 2 aromatic carbocycles. The summed E-state index contributed by atoms with van der Waals surface area (Å²) < 4.78 is 41.9. The van der Waals surface area contributed by atoms with Crippen molar-refractivity contribution in [1.82, 2.24) is 14.5 Å². The average molecular weight is 482 g/mol. The van der Waals surface area contributed by atoms with E-state index < -0.39 is 10.0 Å². The second-order valence-corrected chi connectivity index (χ2v) is 10.7. The first-order valence-corrected chi connectivity index (χ1v) is 13.1. The van der Waals surface area contributed by atoms with E-state index >= 15 is 0 Å². The van der Waals surface area contributed by atoms with Crippen LogP contribution in [0.15, 0.2) is 59.5 Å². The average Bonchev–Trinajstić information content (AvgIpc) is 3.41. The van der Waals surface area contributed by atoms with E-state index in [-0.39, 0.29) is 5.82 Å². The zero-order valence-electron chi connectivity index (χ0n) is 19.2. The predicted octanol–water partition coefficient (Wildman–Crippen LogP) is 3.70. The Balaban J connectivity index is 1.31. The molecule has 9 heteroatoms. The molecule has 5 rings (SSSR count). The SMILES string of the molecule is Cc1ccc(-c2ccc(N3CCN(c4ccccc4F)CC3)nn2)cc1S(=O)(=O)N1CCCC1. The van der Waals surface area contributed by atoms with Gasteiger partial charge < -0.3 is 9.80 Å². The summed E-state index contributed by atoms with van der Waals surface area (Å²) in [7, 11) is -3.51. The fourth-order valence-electron chi connectivity index (χ4n) is 4.64. The molecule has 2 fully saturated rings. The summed E-state index contributed by atoms with van der Waals surface area (Å²) in [5, 5.41) is 8.80. The Bertz CT molecular complexity index is 1270. The minimum absolute atomic E-state index is 0.204. The number of piperazine rings is 1. The van der Waals surface area contributed by atoms with Crippen LogP contribution in [0.1, 0.15) is 18.4 Å². The maximum absolute atomic E-state index is 14.1. The number of nitrogens with zero attached hydrogens (tertiary/aromatic N) is 5. The summed E-state index contributed by atoms with van der Waals surface area (Å²) in [5.74, 6) is 0.554. The van der Waals surface area contributed by atoms with Crippen molar-refractivity contribution in [2.24, 2.45) is 0 Å². The van der Waals surface area contributed by atoms with E-state index in [9.17, 15) is 12.8 Å². The van der Waals surface area contributed by atoms with Crippen molar-refractivity contribution in [3.8, 4) is 11.3 Å². The van der Waals surface area contributed by atoms with E-state index in [2.05, 4.69) is 15.1 Å². The molecule has 0 saturated carbocycles. The monoisotopic (exact) mass is 481 g/mol. The van der Waals surface area contributed by atoms with Gasteiger partial charge in [0.15, 0.2) is 5.82 Å². The van der Waals surface area contributed by atoms with Crippen molar-refractivity contribution in [2.45, 2.75) is 24.7 Å². The summed E-state index contributed by atoms with van der Waals surface area (Å²) >= 11 is 0. The number of benzene rings is 2. The van der Waals surface area contributed by atoms with Gasteiger partial charge >= 0.3 is 0 Å². The Morgan fingerprint density at radius 1 is 0.824 bits per heavy atom. The van der Waals surface area contributed by atoms with Gasteiger partial charge in [-0.15, -0.1) is 10.2 Å². The number of anilines is 2. The summed E-state index contributed by atoms with van der Waals surface area (Å²) in [6, 6.07) is 16.0. The van der Waals surface area contributed by atoms with Crippen LogP contribution < -0.4 is 9.80 Å². The number of aryl methyl sites for hydroxylation is 1. The summed E-state index contributed by atoms with van der Waals surface area (Å²) in [4.78, 5) is 4.51. The lowest BCUT2D eigenvalue weighted by molar-refractivity contribution is 0.477. The van der Waals surface area contributed by atoms with E-state index in [4.69, 9.17) is 0 Å². The molecule has 0 N–H and O–H groups in total. The van der Waals surface area contributed by atoms with Gasteiger partial charge in [0, 0.05) is 44.8 Å². The second kappa shape index (κ2) is 9.31. The van der Waals surface area contributed by atoms with E-state index in [1.165, 1.54) is 6.07 Å². The highest BCUT2D eigenvalue weighted by molar-refractivity contribution is 7.89. The van der Waals surface area contributed by atoms with Crippen molar-refractivity contribution in [1.29, 1.82) is 0 Å². The van der Waals surface area contributed by atoms with Crippen LogP contribution in [0.3, 0.4) is 0 Å². The standard InChI is InChI=1S/C25H28FN5O2S/c1-19-8-9-20(18-24(19)34(32,33)31-12-4-5-13-31)22-10-11-25(28-27-22)30-16-14-29(15-17-30)23-7-3-2-6-21(23)26/h2-3,6-11,18H,4-5,12-17H2,1H3. The molecule has 0 bridgehead atoms. The number of aromatic nitrogens is 2. The highest BCUT2D eigenvalue weighted by Crippen LogP contribution is 2.29. The normalized spacial score (nSPS) is 17.4. The van der Waals surface area contributed by atoms with Gasteiger partial charge in [0.1, 0.15) is 5.82 Å². The lowest BCUT2D eigenvalue weighted by Crippen LogP contribution is -2.47. The van der Waals surface area contributed by atoms with Gasteiger partial charge in [-0.1, -0.05) is 24.3 Å². The number of hydrogen-bond acceptors (Lipinski definition) is 6. The maximum atomic E-state index is 14.1. The van der Waals surface area contributed by atoms with Gasteiger partial charge in [-0.25, -0.2) is 12.8 Å². The molecule has 7 nitrogen and oxygen atoms in total. The first kappa shape index (κ1) is 22.7. The van der Waals surface area contributed by atoms with Gasteiger partial charge in [0.2, 0.25) is 10.0 Å². The Kier molecular flexibility index (Phi) is 6.22. The van der Waals surface area contributed by atoms with Crippen LogP contribution in [0.4, 0.5) is 15.9 Å². The Hall–Kier alpha value is -3.04. The van der Waals surface area contributed by atoms with Crippen molar-refractivity contribution < 1.29 is 12.8 Å². The molecule has 0 radical (unpaired) electrons. The third-order valence-electron chi connectivity index (χ3n) is 6.61. The molecule has 1 aromatic heterocycles. The lowest BCUT2D eigenvalue weighted by Gasteiger charge is -2.36. The molecule has 3 aromatic rings. The minimum atomic E-state index is -3.51. The van der Waals surface area contributed by atoms with E-state index in [0.717, 1.165) is 29.8 Å². The second-order valence-electron chi connectivity index (χ2n) is 8.79. The lowest BCUT2D eigenvalue weighted by atomic mass is 10.1. The molecular formula is C25H28FN5O2S. The minimum Gasteiger partial charge on any atom is -0.366 e. The van der Waals surface area contributed by atoms with Crippen molar-refractivity contribution >= 4 is 21.5 Å². The molecule has 0 aliphatic carbocycles. The number of para-hydroxylation sites is 1. The van der Waals surface area contributed by atoms with Crippen LogP contribution >= 0.6 is 0 Å². The van der Waals surface area contributed by atoms with Crippen molar-refractivity contribution in [2.75, 3.05) is 49.1 Å². The Labute approximate surface area is 199 Å². The van der Waals surface area contributed by atoms with E-state index in [1.807, 2.05) is 42.2 Å². The zero-order valence-corrected chi connectivity index (χ0v) is 20.0. The molecule has 0 atom stereocenters. The third-order valence-corrected chi connectivity index (χ3v) is 8.65. The topological polar surface area (TPSA) is 69.6 Å². The first-order valence-electron chi connectivity index (χ1n) is 11.6. The number of hydrogen-bond donors (Lipinski definition) is 0. The highest BCUT2D eigenvalue weighted by Gasteiger charge is 2.29. The molecule has 3 heterocycles. The maximum Gasteiger partial charge on any atom is 0.243 e. The molecule has 0 amide bonds. The van der Waals surface area contributed by atoms with Crippen LogP contribution in [0.2, 0.25) is 0 Å². The Morgan fingerprint density at radius 3 is 2.21 bits per heavy atom. The van der Waals surface area contributed by atoms with E-state index in [0.29, 0.717) is 55.5 Å². The van der Waals surface area contributed by atoms with Crippen LogP contribution in [-0.2, 0) is 10.0 Å². The fourth-order valence-corrected chi connectivity index (χ4v) is 6.41. The summed E-state index contributed by atoms with van der Waals surface area (Å²) in [5.41, 5.74) is 2.72. The van der Waals surface area contributed by atoms with Gasteiger partial charge in [-0.3, -0.25) is 0 Å². The summed E-state index contributed by atoms with van der Waals surface area (Å²) in [6.45, 7) is 5.79. The molecule has 0 unspecified atom stereocenters. The van der Waals surface area contributed by atoms with Crippen LogP contribution in [0, 0.1) is 12.7 Å². The largest absolute Gasteiger partial charge is 0.366 e. The third kappa shape index (κ3) is 4.37. The quantitative estimate of drug-likeness (QED) is 0.554. The van der Waals surface area contributed by atoms with Crippen LogP contribution in [-0.4, -0.2) is 62.2 Å². The number of halogens is 1. The molecule has 34 heavy (non-hydrogen) atoms. The van der Waals surface area contributed by atoms with Gasteiger partial charge in [-0.2, -0.15) is 4.31 Å². The smallest absolute Gasteiger partial charge is 0.243 e. The van der Waals surface area contributed by atoms with Gasteiger partial charge in [0.05, 0.1) is 16.3 Å².